The van der Waals surface area contributed by atoms with E-state index in [1.165, 1.54) is 19.3 Å². The lowest BCUT2D eigenvalue weighted by atomic mass is 9.94. The number of ether oxygens (including phenoxy) is 1. The van der Waals surface area contributed by atoms with Crippen molar-refractivity contribution in [3.8, 4) is 0 Å². The van der Waals surface area contributed by atoms with Gasteiger partial charge in [0.25, 0.3) is 5.91 Å². The van der Waals surface area contributed by atoms with E-state index in [1.54, 1.807) is 0 Å². The molecule has 0 radical (unpaired) electrons. The molecule has 0 atom stereocenters. The standard InChI is InChI=1S/C14H21N3O2/c1-17(10-5-3-2-4-6-10)14(18)13-11-9-19-8-7-12(11)15-16-13/h10H,2-9H2,1H3,(H,15,16). The molecule has 0 aromatic carbocycles. The summed E-state index contributed by atoms with van der Waals surface area (Å²) in [5.41, 5.74) is 2.58. The molecule has 0 spiro atoms. The van der Waals surface area contributed by atoms with Gasteiger partial charge in [0.15, 0.2) is 5.69 Å². The van der Waals surface area contributed by atoms with Crippen LogP contribution in [0.25, 0.3) is 0 Å². The quantitative estimate of drug-likeness (QED) is 0.886. The molecule has 1 amide bonds. The molecule has 1 aliphatic heterocycles. The molecule has 0 saturated heterocycles. The summed E-state index contributed by atoms with van der Waals surface area (Å²) < 4.78 is 5.44. The van der Waals surface area contributed by atoms with Crippen LogP contribution in [-0.4, -0.2) is 40.7 Å². The first kappa shape index (κ1) is 12.7. The van der Waals surface area contributed by atoms with Gasteiger partial charge in [0.05, 0.1) is 13.2 Å². The van der Waals surface area contributed by atoms with Gasteiger partial charge in [-0.25, -0.2) is 0 Å². The number of rotatable bonds is 2. The first-order valence-electron chi connectivity index (χ1n) is 7.18. The lowest BCUT2D eigenvalue weighted by Gasteiger charge is -2.31. The van der Waals surface area contributed by atoms with Gasteiger partial charge in [-0.2, -0.15) is 5.10 Å². The Morgan fingerprint density at radius 1 is 1.37 bits per heavy atom. The van der Waals surface area contributed by atoms with Gasteiger partial charge in [-0.05, 0) is 12.8 Å². The van der Waals surface area contributed by atoms with Crippen LogP contribution in [-0.2, 0) is 17.8 Å². The number of amides is 1. The van der Waals surface area contributed by atoms with Crippen LogP contribution < -0.4 is 0 Å². The predicted molar refractivity (Wildman–Crippen MR) is 70.9 cm³/mol. The van der Waals surface area contributed by atoms with E-state index in [9.17, 15) is 4.79 Å². The number of aromatic amines is 1. The number of H-pyrrole nitrogens is 1. The van der Waals surface area contributed by atoms with Crippen molar-refractivity contribution in [3.05, 3.63) is 17.0 Å². The Morgan fingerprint density at radius 3 is 2.95 bits per heavy atom. The van der Waals surface area contributed by atoms with Crippen molar-refractivity contribution < 1.29 is 9.53 Å². The maximum Gasteiger partial charge on any atom is 0.274 e. The van der Waals surface area contributed by atoms with Gasteiger partial charge >= 0.3 is 0 Å². The lowest BCUT2D eigenvalue weighted by molar-refractivity contribution is 0.0678. The predicted octanol–water partition coefficient (Wildman–Crippen LogP) is 1.89. The molecule has 1 aromatic heterocycles. The molecule has 104 valence electrons. The molecule has 19 heavy (non-hydrogen) atoms. The van der Waals surface area contributed by atoms with E-state index in [0.29, 0.717) is 24.9 Å². The zero-order valence-electron chi connectivity index (χ0n) is 11.4. The van der Waals surface area contributed by atoms with Crippen LogP contribution in [0.1, 0.15) is 53.8 Å². The van der Waals surface area contributed by atoms with Crippen LogP contribution in [0, 0.1) is 0 Å². The first-order valence-corrected chi connectivity index (χ1v) is 7.18. The second-order valence-corrected chi connectivity index (χ2v) is 5.54. The maximum absolute atomic E-state index is 12.6. The van der Waals surface area contributed by atoms with Gasteiger partial charge in [0.1, 0.15) is 0 Å². The molecule has 1 aliphatic carbocycles. The summed E-state index contributed by atoms with van der Waals surface area (Å²) in [7, 11) is 1.91. The highest BCUT2D eigenvalue weighted by molar-refractivity contribution is 5.94. The van der Waals surface area contributed by atoms with E-state index in [0.717, 1.165) is 30.5 Å². The third-order valence-electron chi connectivity index (χ3n) is 4.34. The van der Waals surface area contributed by atoms with Crippen molar-refractivity contribution in [1.29, 1.82) is 0 Å². The van der Waals surface area contributed by atoms with Crippen LogP contribution in [0.2, 0.25) is 0 Å². The van der Waals surface area contributed by atoms with Crippen molar-refractivity contribution in [2.75, 3.05) is 13.7 Å². The van der Waals surface area contributed by atoms with E-state index in [-0.39, 0.29) is 5.91 Å². The lowest BCUT2D eigenvalue weighted by Crippen LogP contribution is -2.39. The average Bonchev–Trinajstić information content (AvgIpc) is 2.90. The highest BCUT2D eigenvalue weighted by atomic mass is 16.5. The molecule has 3 rings (SSSR count). The number of fused-ring (bicyclic) bond motifs is 1. The summed E-state index contributed by atoms with van der Waals surface area (Å²) >= 11 is 0. The van der Waals surface area contributed by atoms with Crippen molar-refractivity contribution in [2.24, 2.45) is 0 Å². The molecule has 1 aromatic rings. The third kappa shape index (κ3) is 2.39. The minimum Gasteiger partial charge on any atom is -0.376 e. The van der Waals surface area contributed by atoms with Crippen LogP contribution >= 0.6 is 0 Å². The average molecular weight is 263 g/mol. The molecule has 0 bridgehead atoms. The SMILES string of the molecule is CN(C(=O)c1n[nH]c2c1COCC2)C1CCCCC1. The summed E-state index contributed by atoms with van der Waals surface area (Å²) in [6, 6.07) is 0.373. The number of nitrogens with zero attached hydrogens (tertiary/aromatic N) is 2. The normalized spacial score (nSPS) is 20.1. The minimum absolute atomic E-state index is 0.0369. The van der Waals surface area contributed by atoms with Crippen molar-refractivity contribution in [1.82, 2.24) is 15.1 Å². The van der Waals surface area contributed by atoms with Crippen molar-refractivity contribution in [3.63, 3.8) is 0 Å². The Kier molecular flexibility index (Phi) is 3.55. The van der Waals surface area contributed by atoms with Gasteiger partial charge in [-0.1, -0.05) is 19.3 Å². The summed E-state index contributed by atoms with van der Waals surface area (Å²) in [5.74, 6) is 0.0369. The molecule has 1 saturated carbocycles. The number of carbonyl (C=O) groups excluding carboxylic acids is 1. The van der Waals surface area contributed by atoms with Crippen molar-refractivity contribution in [2.45, 2.75) is 51.2 Å². The Balaban J connectivity index is 1.77. The molecule has 2 aliphatic rings. The van der Waals surface area contributed by atoms with E-state index >= 15 is 0 Å². The number of carbonyl (C=O) groups is 1. The first-order chi connectivity index (χ1) is 9.27. The molecule has 1 fully saturated rings. The number of hydrogen-bond donors (Lipinski definition) is 1. The highest BCUT2D eigenvalue weighted by Gasteiger charge is 2.28. The van der Waals surface area contributed by atoms with Gasteiger partial charge in [-0.3, -0.25) is 9.89 Å². The fourth-order valence-electron chi connectivity index (χ4n) is 3.09. The smallest absolute Gasteiger partial charge is 0.274 e. The van der Waals surface area contributed by atoms with Gasteiger partial charge in [0, 0.05) is 30.8 Å². The van der Waals surface area contributed by atoms with Gasteiger partial charge in [0.2, 0.25) is 0 Å². The maximum atomic E-state index is 12.6. The zero-order chi connectivity index (χ0) is 13.2. The summed E-state index contributed by atoms with van der Waals surface area (Å²) in [6.45, 7) is 1.21. The van der Waals surface area contributed by atoms with E-state index in [2.05, 4.69) is 10.2 Å². The topological polar surface area (TPSA) is 58.2 Å². The zero-order valence-corrected chi connectivity index (χ0v) is 11.4. The van der Waals surface area contributed by atoms with E-state index in [1.807, 2.05) is 11.9 Å². The number of hydrogen-bond acceptors (Lipinski definition) is 3. The largest absolute Gasteiger partial charge is 0.376 e. The second-order valence-electron chi connectivity index (χ2n) is 5.54. The van der Waals surface area contributed by atoms with E-state index in [4.69, 9.17) is 4.74 Å². The fraction of sp³-hybridized carbons (Fsp3) is 0.714. The van der Waals surface area contributed by atoms with Crippen LogP contribution in [0.4, 0.5) is 0 Å². The Morgan fingerprint density at radius 2 is 2.16 bits per heavy atom. The Hall–Kier alpha value is -1.36. The molecule has 0 unspecified atom stereocenters. The summed E-state index contributed by atoms with van der Waals surface area (Å²) in [6.07, 6.45) is 6.80. The van der Waals surface area contributed by atoms with Gasteiger partial charge in [-0.15, -0.1) is 0 Å². The fourth-order valence-corrected chi connectivity index (χ4v) is 3.09. The summed E-state index contributed by atoms with van der Waals surface area (Å²) in [5, 5.41) is 7.20. The molecule has 5 heteroatoms. The van der Waals surface area contributed by atoms with Crippen LogP contribution in [0.5, 0.6) is 0 Å². The second kappa shape index (κ2) is 5.33. The molecular formula is C14H21N3O2. The highest BCUT2D eigenvalue weighted by Crippen LogP contribution is 2.25. The number of nitrogens with one attached hydrogen (secondary N) is 1. The molecular weight excluding hydrogens is 242 g/mol. The molecule has 1 N–H and O–H groups in total. The van der Waals surface area contributed by atoms with Crippen molar-refractivity contribution >= 4 is 5.91 Å². The van der Waals surface area contributed by atoms with Gasteiger partial charge < -0.3 is 9.64 Å². The molecule has 2 heterocycles. The van der Waals surface area contributed by atoms with Crippen LogP contribution in [0.3, 0.4) is 0 Å². The van der Waals surface area contributed by atoms with E-state index < -0.39 is 0 Å². The summed E-state index contributed by atoms with van der Waals surface area (Å²) in [4.78, 5) is 14.4. The Labute approximate surface area is 113 Å². The third-order valence-corrected chi connectivity index (χ3v) is 4.34. The van der Waals surface area contributed by atoms with Crippen LogP contribution in [0.15, 0.2) is 0 Å². The minimum atomic E-state index is 0.0369. The Bertz CT molecular complexity index is 463. The molecule has 5 nitrogen and oxygen atoms in total. The number of aromatic nitrogens is 2. The monoisotopic (exact) mass is 263 g/mol.